The lowest BCUT2D eigenvalue weighted by Gasteiger charge is -2.26. The first-order chi connectivity index (χ1) is 10.6. The van der Waals surface area contributed by atoms with Gasteiger partial charge in [0, 0.05) is 36.7 Å². The summed E-state index contributed by atoms with van der Waals surface area (Å²) in [7, 11) is 1.85. The number of aromatic nitrogens is 2. The molecule has 5 nitrogen and oxygen atoms in total. The molecule has 0 radical (unpaired) electrons. The lowest BCUT2D eigenvalue weighted by Crippen LogP contribution is -2.37. The van der Waals surface area contributed by atoms with Crippen molar-refractivity contribution in [1.82, 2.24) is 14.7 Å². The van der Waals surface area contributed by atoms with Crippen molar-refractivity contribution < 1.29 is 4.74 Å². The molecule has 1 fully saturated rings. The number of benzene rings is 1. The van der Waals surface area contributed by atoms with Gasteiger partial charge in [0.1, 0.15) is 5.82 Å². The molecule has 0 bridgehead atoms. The van der Waals surface area contributed by atoms with Gasteiger partial charge in [-0.2, -0.15) is 5.10 Å². The predicted octanol–water partition coefficient (Wildman–Crippen LogP) is 2.31. The van der Waals surface area contributed by atoms with E-state index in [1.54, 1.807) is 4.68 Å². The van der Waals surface area contributed by atoms with Crippen molar-refractivity contribution in [3.63, 3.8) is 0 Å². The maximum atomic E-state index is 6.05. The van der Waals surface area contributed by atoms with Crippen LogP contribution in [-0.4, -0.2) is 47.5 Å². The van der Waals surface area contributed by atoms with E-state index in [9.17, 15) is 0 Å². The number of morpholine rings is 1. The molecule has 6 heteroatoms. The fraction of sp³-hybridized carbons (Fsp3) is 0.438. The molecule has 3 rings (SSSR count). The van der Waals surface area contributed by atoms with Crippen LogP contribution in [-0.2, 0) is 18.2 Å². The number of nitrogens with zero attached hydrogens (tertiary/aromatic N) is 3. The predicted molar refractivity (Wildman–Crippen MR) is 91.7 cm³/mol. The maximum absolute atomic E-state index is 6.05. The van der Waals surface area contributed by atoms with Crippen molar-refractivity contribution in [2.24, 2.45) is 7.05 Å². The van der Waals surface area contributed by atoms with Crippen molar-refractivity contribution >= 4 is 21.7 Å². The zero-order valence-corrected chi connectivity index (χ0v) is 14.3. The number of hydrogen-bond donors (Lipinski definition) is 1. The number of hydrogen-bond acceptors (Lipinski definition) is 4. The molecule has 1 saturated heterocycles. The molecule has 0 unspecified atom stereocenters. The van der Waals surface area contributed by atoms with Crippen LogP contribution in [0.15, 0.2) is 28.9 Å². The van der Waals surface area contributed by atoms with Crippen molar-refractivity contribution in [3.8, 4) is 11.1 Å². The third-order valence-corrected chi connectivity index (χ3v) is 4.89. The third-order valence-electron chi connectivity index (χ3n) is 4.15. The van der Waals surface area contributed by atoms with E-state index in [1.807, 2.05) is 13.2 Å². The number of aryl methyl sites for hydroxylation is 1. The van der Waals surface area contributed by atoms with Crippen LogP contribution in [0.3, 0.4) is 0 Å². The summed E-state index contributed by atoms with van der Waals surface area (Å²) in [5, 5.41) is 4.20. The molecule has 0 saturated carbocycles. The molecule has 0 aliphatic carbocycles. The molecule has 0 amide bonds. The molecular formula is C16H21BrN4O. The van der Waals surface area contributed by atoms with Gasteiger partial charge in [0.25, 0.3) is 0 Å². The minimum absolute atomic E-state index is 0.688. The van der Waals surface area contributed by atoms with Crippen molar-refractivity contribution in [2.45, 2.75) is 6.42 Å². The van der Waals surface area contributed by atoms with Crippen LogP contribution >= 0.6 is 15.9 Å². The second kappa shape index (κ2) is 6.81. The average Bonchev–Trinajstić information content (AvgIpc) is 2.87. The Morgan fingerprint density at radius 1 is 1.32 bits per heavy atom. The van der Waals surface area contributed by atoms with E-state index in [0.29, 0.717) is 5.82 Å². The van der Waals surface area contributed by atoms with Gasteiger partial charge >= 0.3 is 0 Å². The zero-order valence-electron chi connectivity index (χ0n) is 12.8. The summed E-state index contributed by atoms with van der Waals surface area (Å²) in [5.41, 5.74) is 9.43. The van der Waals surface area contributed by atoms with Crippen LogP contribution < -0.4 is 5.73 Å². The van der Waals surface area contributed by atoms with E-state index in [0.717, 1.165) is 54.9 Å². The molecule has 1 aliphatic rings. The first kappa shape index (κ1) is 15.5. The Hall–Kier alpha value is -1.37. The Labute approximate surface area is 139 Å². The Bertz CT molecular complexity index is 650. The molecule has 118 valence electrons. The Morgan fingerprint density at radius 3 is 2.73 bits per heavy atom. The summed E-state index contributed by atoms with van der Waals surface area (Å²) in [4.78, 5) is 2.45. The highest BCUT2D eigenvalue weighted by molar-refractivity contribution is 9.10. The van der Waals surface area contributed by atoms with Gasteiger partial charge in [-0.1, -0.05) is 28.1 Å². The Kier molecular flexibility index (Phi) is 4.81. The van der Waals surface area contributed by atoms with Gasteiger partial charge in [-0.05, 0) is 23.6 Å². The molecule has 1 aliphatic heterocycles. The number of rotatable bonds is 4. The Balaban J connectivity index is 1.70. The number of nitrogen functional groups attached to an aromatic ring is 1. The summed E-state index contributed by atoms with van der Waals surface area (Å²) in [6.45, 7) is 4.82. The van der Waals surface area contributed by atoms with E-state index < -0.39 is 0 Å². The molecule has 22 heavy (non-hydrogen) atoms. The summed E-state index contributed by atoms with van der Waals surface area (Å²) in [6, 6.07) is 6.42. The largest absolute Gasteiger partial charge is 0.383 e. The minimum Gasteiger partial charge on any atom is -0.383 e. The van der Waals surface area contributed by atoms with Crippen LogP contribution in [0.4, 0.5) is 5.82 Å². The standard InChI is InChI=1S/C16H21BrN4O/c1-20-16(18)14(11-19-20)13-3-2-12(15(17)10-13)4-5-21-6-8-22-9-7-21/h2-3,10-11H,4-9,18H2,1H3. The van der Waals surface area contributed by atoms with Gasteiger partial charge < -0.3 is 10.5 Å². The summed E-state index contributed by atoms with van der Waals surface area (Å²) >= 11 is 3.69. The topological polar surface area (TPSA) is 56.3 Å². The lowest BCUT2D eigenvalue weighted by molar-refractivity contribution is 0.0384. The molecule has 2 aromatic rings. The van der Waals surface area contributed by atoms with Crippen LogP contribution in [0.25, 0.3) is 11.1 Å². The second-order valence-corrected chi connectivity index (χ2v) is 6.43. The smallest absolute Gasteiger partial charge is 0.129 e. The fourth-order valence-corrected chi connectivity index (χ4v) is 3.27. The van der Waals surface area contributed by atoms with Gasteiger partial charge in [0.15, 0.2) is 0 Å². The van der Waals surface area contributed by atoms with Gasteiger partial charge in [0.05, 0.1) is 19.4 Å². The van der Waals surface area contributed by atoms with Gasteiger partial charge in [-0.3, -0.25) is 9.58 Å². The first-order valence-electron chi connectivity index (χ1n) is 7.51. The highest BCUT2D eigenvalue weighted by Crippen LogP contribution is 2.29. The van der Waals surface area contributed by atoms with Crippen LogP contribution in [0.1, 0.15) is 5.56 Å². The molecule has 2 N–H and O–H groups in total. The van der Waals surface area contributed by atoms with E-state index in [-0.39, 0.29) is 0 Å². The quantitative estimate of drug-likeness (QED) is 0.904. The molecule has 0 spiro atoms. The fourth-order valence-electron chi connectivity index (χ4n) is 2.69. The molecule has 0 atom stereocenters. The highest BCUT2D eigenvalue weighted by atomic mass is 79.9. The summed E-state index contributed by atoms with van der Waals surface area (Å²) in [5.74, 6) is 0.688. The zero-order chi connectivity index (χ0) is 15.5. The van der Waals surface area contributed by atoms with Crippen molar-refractivity contribution in [1.29, 1.82) is 0 Å². The first-order valence-corrected chi connectivity index (χ1v) is 8.31. The maximum Gasteiger partial charge on any atom is 0.129 e. The van der Waals surface area contributed by atoms with Crippen LogP contribution in [0.5, 0.6) is 0 Å². The summed E-state index contributed by atoms with van der Waals surface area (Å²) in [6.07, 6.45) is 2.84. The molecule has 1 aromatic carbocycles. The number of halogens is 1. The second-order valence-electron chi connectivity index (χ2n) is 5.58. The van der Waals surface area contributed by atoms with Crippen LogP contribution in [0, 0.1) is 0 Å². The highest BCUT2D eigenvalue weighted by Gasteiger charge is 2.12. The molecule has 2 heterocycles. The van der Waals surface area contributed by atoms with Crippen LogP contribution in [0.2, 0.25) is 0 Å². The van der Waals surface area contributed by atoms with E-state index in [4.69, 9.17) is 10.5 Å². The monoisotopic (exact) mass is 364 g/mol. The lowest BCUT2D eigenvalue weighted by atomic mass is 10.0. The summed E-state index contributed by atoms with van der Waals surface area (Å²) < 4.78 is 8.20. The van der Waals surface area contributed by atoms with Crippen molar-refractivity contribution in [3.05, 3.63) is 34.4 Å². The molecular weight excluding hydrogens is 344 g/mol. The normalized spacial score (nSPS) is 16.1. The van der Waals surface area contributed by atoms with E-state index in [2.05, 4.69) is 44.1 Å². The van der Waals surface area contributed by atoms with Gasteiger partial charge in [0.2, 0.25) is 0 Å². The minimum atomic E-state index is 0.688. The van der Waals surface area contributed by atoms with E-state index >= 15 is 0 Å². The number of ether oxygens (including phenoxy) is 1. The van der Waals surface area contributed by atoms with E-state index in [1.165, 1.54) is 5.56 Å². The SMILES string of the molecule is Cn1ncc(-c2ccc(CCN3CCOCC3)c(Br)c2)c1N. The number of nitrogens with two attached hydrogens (primary N) is 1. The van der Waals surface area contributed by atoms with Crippen molar-refractivity contribution in [2.75, 3.05) is 38.6 Å². The van der Waals surface area contributed by atoms with Gasteiger partial charge in [-0.25, -0.2) is 0 Å². The molecule has 1 aromatic heterocycles. The number of anilines is 1. The Morgan fingerprint density at radius 2 is 2.09 bits per heavy atom. The average molecular weight is 365 g/mol. The third kappa shape index (κ3) is 3.34. The van der Waals surface area contributed by atoms with Gasteiger partial charge in [-0.15, -0.1) is 0 Å².